The van der Waals surface area contributed by atoms with Crippen LogP contribution in [0.25, 0.3) is 0 Å². The van der Waals surface area contributed by atoms with Gasteiger partial charge in [0.25, 0.3) is 0 Å². The number of halogens is 2. The molecule has 0 spiro atoms. The van der Waals surface area contributed by atoms with Crippen molar-refractivity contribution in [2.45, 2.75) is 31.7 Å². The second kappa shape index (κ2) is 5.65. The van der Waals surface area contributed by atoms with Crippen LogP contribution in [0.1, 0.15) is 31.2 Å². The third kappa shape index (κ3) is 3.29. The minimum absolute atomic E-state index is 0.0379. The molecule has 3 atom stereocenters. The summed E-state index contributed by atoms with van der Waals surface area (Å²) in [5.41, 5.74) is 5.88. The lowest BCUT2D eigenvalue weighted by molar-refractivity contribution is -0.122. The van der Waals surface area contributed by atoms with Crippen LogP contribution in [0.5, 0.6) is 0 Å². The van der Waals surface area contributed by atoms with E-state index in [1.54, 1.807) is 0 Å². The highest BCUT2D eigenvalue weighted by molar-refractivity contribution is 5.82. The molecule has 2 rings (SSSR count). The quantitative estimate of drug-likeness (QED) is 0.857. The minimum Gasteiger partial charge on any atom is -0.356 e. The second-order valence-electron chi connectivity index (χ2n) is 5.15. The van der Waals surface area contributed by atoms with Crippen LogP contribution < -0.4 is 11.1 Å². The van der Waals surface area contributed by atoms with Gasteiger partial charge in [-0.15, -0.1) is 0 Å². The molecule has 3 N–H and O–H groups in total. The Morgan fingerprint density at radius 2 is 2.26 bits per heavy atom. The largest absolute Gasteiger partial charge is 0.356 e. The standard InChI is InChI=1S/C14H18F2N2O/c1-8(17)5-6-18-14(19)11-7-10(11)9-3-2-4-12(15)13(9)16/h2-4,8,10-11H,5-7,17H2,1H3,(H,18,19). The lowest BCUT2D eigenvalue weighted by atomic mass is 10.1. The molecule has 0 heterocycles. The summed E-state index contributed by atoms with van der Waals surface area (Å²) in [5.74, 6) is -2.25. The fourth-order valence-corrected chi connectivity index (χ4v) is 2.19. The van der Waals surface area contributed by atoms with Crippen molar-refractivity contribution in [3.8, 4) is 0 Å². The zero-order valence-corrected chi connectivity index (χ0v) is 10.8. The van der Waals surface area contributed by atoms with Crippen molar-refractivity contribution in [1.82, 2.24) is 5.32 Å². The van der Waals surface area contributed by atoms with Crippen molar-refractivity contribution in [3.63, 3.8) is 0 Å². The van der Waals surface area contributed by atoms with Crippen LogP contribution in [0.3, 0.4) is 0 Å². The molecule has 1 aliphatic rings. The maximum Gasteiger partial charge on any atom is 0.223 e. The Bertz CT molecular complexity index is 477. The van der Waals surface area contributed by atoms with E-state index in [1.165, 1.54) is 12.1 Å². The van der Waals surface area contributed by atoms with Crippen LogP contribution in [0.2, 0.25) is 0 Å². The Morgan fingerprint density at radius 3 is 2.95 bits per heavy atom. The predicted molar refractivity (Wildman–Crippen MR) is 68.5 cm³/mol. The van der Waals surface area contributed by atoms with Crippen molar-refractivity contribution in [3.05, 3.63) is 35.4 Å². The Labute approximate surface area is 111 Å². The SMILES string of the molecule is CC(N)CCNC(=O)C1CC1c1cccc(F)c1F. The van der Waals surface area contributed by atoms with Gasteiger partial charge >= 0.3 is 0 Å². The van der Waals surface area contributed by atoms with E-state index in [2.05, 4.69) is 5.32 Å². The maximum atomic E-state index is 13.6. The maximum absolute atomic E-state index is 13.6. The third-order valence-corrected chi connectivity index (χ3v) is 3.41. The van der Waals surface area contributed by atoms with Crippen LogP contribution in [-0.4, -0.2) is 18.5 Å². The van der Waals surface area contributed by atoms with Gasteiger partial charge in [0, 0.05) is 18.5 Å². The van der Waals surface area contributed by atoms with Crippen LogP contribution in [-0.2, 0) is 4.79 Å². The Hall–Kier alpha value is -1.49. The van der Waals surface area contributed by atoms with Gasteiger partial charge in [-0.2, -0.15) is 0 Å². The zero-order valence-electron chi connectivity index (χ0n) is 10.8. The first-order valence-electron chi connectivity index (χ1n) is 6.48. The van der Waals surface area contributed by atoms with E-state index in [4.69, 9.17) is 5.73 Å². The van der Waals surface area contributed by atoms with Crippen LogP contribution >= 0.6 is 0 Å². The number of hydrogen-bond donors (Lipinski definition) is 2. The Morgan fingerprint density at radius 1 is 1.53 bits per heavy atom. The normalized spacial score (nSPS) is 22.9. The van der Waals surface area contributed by atoms with Gasteiger partial charge in [-0.05, 0) is 37.3 Å². The topological polar surface area (TPSA) is 55.1 Å². The smallest absolute Gasteiger partial charge is 0.223 e. The number of rotatable bonds is 5. The number of nitrogens with two attached hydrogens (primary N) is 1. The number of hydrogen-bond acceptors (Lipinski definition) is 2. The summed E-state index contributed by atoms with van der Waals surface area (Å²) < 4.78 is 26.7. The summed E-state index contributed by atoms with van der Waals surface area (Å²) in [6, 6.07) is 4.13. The number of nitrogens with one attached hydrogen (secondary N) is 1. The first-order chi connectivity index (χ1) is 9.00. The summed E-state index contributed by atoms with van der Waals surface area (Å²) in [6.45, 7) is 2.39. The van der Waals surface area contributed by atoms with Gasteiger partial charge in [-0.3, -0.25) is 4.79 Å². The number of carbonyl (C=O) groups is 1. The van der Waals surface area contributed by atoms with Crippen molar-refractivity contribution in [1.29, 1.82) is 0 Å². The lowest BCUT2D eigenvalue weighted by Gasteiger charge is -2.07. The van der Waals surface area contributed by atoms with Gasteiger partial charge in [0.2, 0.25) is 5.91 Å². The van der Waals surface area contributed by atoms with Crippen LogP contribution in [0, 0.1) is 17.6 Å². The van der Waals surface area contributed by atoms with Crippen molar-refractivity contribution >= 4 is 5.91 Å². The van der Waals surface area contributed by atoms with Gasteiger partial charge in [-0.25, -0.2) is 8.78 Å². The number of benzene rings is 1. The molecular weight excluding hydrogens is 250 g/mol. The molecule has 1 amide bonds. The van der Waals surface area contributed by atoms with Crippen molar-refractivity contribution in [2.75, 3.05) is 6.54 Å². The molecule has 0 bridgehead atoms. The van der Waals surface area contributed by atoms with E-state index in [0.29, 0.717) is 24.9 Å². The van der Waals surface area contributed by atoms with E-state index in [0.717, 1.165) is 6.07 Å². The lowest BCUT2D eigenvalue weighted by Crippen LogP contribution is -2.30. The average molecular weight is 268 g/mol. The average Bonchev–Trinajstić information content (AvgIpc) is 3.12. The number of amides is 1. The molecule has 0 aliphatic heterocycles. The van der Waals surface area contributed by atoms with E-state index in [-0.39, 0.29) is 23.8 Å². The fraction of sp³-hybridized carbons (Fsp3) is 0.500. The van der Waals surface area contributed by atoms with E-state index in [1.807, 2.05) is 6.92 Å². The molecule has 1 aromatic rings. The minimum atomic E-state index is -0.861. The molecule has 0 saturated heterocycles. The first kappa shape index (κ1) is 13.9. The van der Waals surface area contributed by atoms with Crippen LogP contribution in [0.4, 0.5) is 8.78 Å². The molecule has 0 aromatic heterocycles. The summed E-state index contributed by atoms with van der Waals surface area (Å²) in [7, 11) is 0. The van der Waals surface area contributed by atoms with Gasteiger partial charge in [0.1, 0.15) is 0 Å². The van der Waals surface area contributed by atoms with E-state index < -0.39 is 11.6 Å². The highest BCUT2D eigenvalue weighted by Gasteiger charge is 2.45. The molecule has 1 fully saturated rings. The Kier molecular flexibility index (Phi) is 4.14. The highest BCUT2D eigenvalue weighted by atomic mass is 19.2. The molecule has 5 heteroatoms. The van der Waals surface area contributed by atoms with E-state index >= 15 is 0 Å². The first-order valence-corrected chi connectivity index (χ1v) is 6.48. The Balaban J connectivity index is 1.90. The van der Waals surface area contributed by atoms with Crippen LogP contribution in [0.15, 0.2) is 18.2 Å². The fourth-order valence-electron chi connectivity index (χ4n) is 2.19. The summed E-state index contributed by atoms with van der Waals surface area (Å²) >= 11 is 0. The highest BCUT2D eigenvalue weighted by Crippen LogP contribution is 2.48. The summed E-state index contributed by atoms with van der Waals surface area (Å²) in [4.78, 5) is 11.8. The third-order valence-electron chi connectivity index (χ3n) is 3.41. The molecule has 19 heavy (non-hydrogen) atoms. The van der Waals surface area contributed by atoms with Crippen molar-refractivity contribution in [2.24, 2.45) is 11.7 Å². The second-order valence-corrected chi connectivity index (χ2v) is 5.15. The monoisotopic (exact) mass is 268 g/mol. The molecule has 1 aliphatic carbocycles. The molecule has 3 unspecified atom stereocenters. The summed E-state index contributed by atoms with van der Waals surface area (Å²) in [6.07, 6.45) is 1.28. The summed E-state index contributed by atoms with van der Waals surface area (Å²) in [5, 5.41) is 2.77. The van der Waals surface area contributed by atoms with Gasteiger partial charge < -0.3 is 11.1 Å². The van der Waals surface area contributed by atoms with E-state index in [9.17, 15) is 13.6 Å². The molecule has 1 aromatic carbocycles. The molecule has 104 valence electrons. The molecule has 0 radical (unpaired) electrons. The molecule has 3 nitrogen and oxygen atoms in total. The molecule has 1 saturated carbocycles. The number of carbonyl (C=O) groups excluding carboxylic acids is 1. The van der Waals surface area contributed by atoms with Gasteiger partial charge in [0.15, 0.2) is 11.6 Å². The van der Waals surface area contributed by atoms with Crippen molar-refractivity contribution < 1.29 is 13.6 Å². The van der Waals surface area contributed by atoms with Gasteiger partial charge in [0.05, 0.1) is 0 Å². The zero-order chi connectivity index (χ0) is 14.0. The predicted octanol–water partition coefficient (Wildman–Crippen LogP) is 1.92. The van der Waals surface area contributed by atoms with Gasteiger partial charge in [-0.1, -0.05) is 12.1 Å². The molecular formula is C14H18F2N2O.